The van der Waals surface area contributed by atoms with Gasteiger partial charge >= 0.3 is 23.9 Å². The first-order chi connectivity index (χ1) is 23.3. The first-order valence-electron chi connectivity index (χ1n) is 16.8. The third-order valence-electron chi connectivity index (χ3n) is 9.21. The van der Waals surface area contributed by atoms with Gasteiger partial charge in [0.25, 0.3) is 0 Å². The molecule has 12 heteroatoms. The molecule has 1 aliphatic rings. The molecule has 1 saturated heterocycles. The number of carbonyl (C=O) groups excluding carboxylic acids is 4. The van der Waals surface area contributed by atoms with Crippen molar-refractivity contribution in [3.63, 3.8) is 0 Å². The molecule has 0 saturated carbocycles. The first kappa shape index (κ1) is 40.4. The molecule has 2 aromatic rings. The number of aliphatic hydroxyl groups is 1. The van der Waals surface area contributed by atoms with Gasteiger partial charge in [-0.05, 0) is 34.3 Å². The maximum Gasteiger partial charge on any atom is 0.303 e. The summed E-state index contributed by atoms with van der Waals surface area (Å²) in [5.74, 6) is -3.84. The van der Waals surface area contributed by atoms with Gasteiger partial charge in [-0.15, -0.1) is 5.54 Å². The fourth-order valence-electron chi connectivity index (χ4n) is 7.12. The molecular formula is C38H49FO10Si. The van der Waals surface area contributed by atoms with E-state index in [0.717, 1.165) is 33.8 Å². The Kier molecular flexibility index (Phi) is 13.5. The van der Waals surface area contributed by atoms with E-state index in [9.17, 15) is 24.3 Å². The van der Waals surface area contributed by atoms with E-state index < -0.39 is 80.5 Å². The van der Waals surface area contributed by atoms with Crippen molar-refractivity contribution >= 4 is 32.0 Å². The molecule has 272 valence electrons. The summed E-state index contributed by atoms with van der Waals surface area (Å²) < 4.78 is 43.9. The molecule has 10 nitrogen and oxygen atoms in total. The Bertz CT molecular complexity index is 1580. The molecule has 1 unspecified atom stereocenters. The topological polar surface area (TPSA) is 135 Å². The average Bonchev–Trinajstić information content (AvgIpc) is 3.01. The van der Waals surface area contributed by atoms with Gasteiger partial charge in [0, 0.05) is 38.8 Å². The quantitative estimate of drug-likeness (QED) is 0.126. The second-order valence-electron chi connectivity index (χ2n) is 13.6. The Labute approximate surface area is 295 Å². The summed E-state index contributed by atoms with van der Waals surface area (Å²) in [5.41, 5.74) is 5.36. The van der Waals surface area contributed by atoms with Gasteiger partial charge in [0.05, 0.1) is 5.92 Å². The minimum atomic E-state index is -2.63. The van der Waals surface area contributed by atoms with Crippen LogP contribution >= 0.6 is 0 Å². The van der Waals surface area contributed by atoms with Crippen LogP contribution in [0.5, 0.6) is 0 Å². The lowest BCUT2D eigenvalue weighted by Crippen LogP contribution is -2.66. The number of ether oxygens (including phenoxy) is 5. The largest absolute Gasteiger partial charge is 0.463 e. The fourth-order valence-corrected chi connectivity index (χ4v) is 12.4. The summed E-state index contributed by atoms with van der Waals surface area (Å²) in [6.07, 6.45) is -6.35. The summed E-state index contributed by atoms with van der Waals surface area (Å²) in [7, 11) is -2.28. The molecule has 0 aromatic heterocycles. The molecule has 1 fully saturated rings. The molecule has 6 atom stereocenters. The second kappa shape index (κ2) is 16.8. The number of carbonyl (C=O) groups is 4. The first-order valence-corrected chi connectivity index (χ1v) is 19.0. The number of hydrogen-bond donors (Lipinski definition) is 1. The molecule has 50 heavy (non-hydrogen) atoms. The highest BCUT2D eigenvalue weighted by molar-refractivity contribution is 6.90. The minimum absolute atomic E-state index is 0.0748. The van der Waals surface area contributed by atoms with Crippen LogP contribution in [0, 0.1) is 17.3 Å². The molecule has 0 spiro atoms. The summed E-state index contributed by atoms with van der Waals surface area (Å²) in [4.78, 5) is 48.8. The molecule has 0 aliphatic carbocycles. The lowest BCUT2D eigenvalue weighted by Gasteiger charge is -2.48. The van der Waals surface area contributed by atoms with E-state index in [0.29, 0.717) is 22.2 Å². The van der Waals surface area contributed by atoms with Crippen molar-refractivity contribution in [2.24, 2.45) is 0 Å². The Hall–Kier alpha value is -4.05. The molecule has 0 bridgehead atoms. The van der Waals surface area contributed by atoms with Crippen molar-refractivity contribution in [2.45, 2.75) is 122 Å². The summed E-state index contributed by atoms with van der Waals surface area (Å²) in [5, 5.41) is 12.4. The van der Waals surface area contributed by atoms with E-state index in [1.54, 1.807) is 0 Å². The lowest BCUT2D eigenvalue weighted by molar-refractivity contribution is -0.360. The molecule has 0 radical (unpaired) electrons. The van der Waals surface area contributed by atoms with E-state index in [1.165, 1.54) is 12.1 Å². The summed E-state index contributed by atoms with van der Waals surface area (Å²) in [6, 6.07) is 13.0. The van der Waals surface area contributed by atoms with Crippen molar-refractivity contribution < 1.29 is 52.4 Å². The SMILES string of the molecule is CC(=O)OC[C@H]1O[C@@](O)(c2ccc(F)c(C(C#C[Si](C(C)C)(C(C)C)C(C)C)c3ccccc3)c2)[C@H](OC(C)=O)[C@@H](OC(C)=O)[C@@H]1OC(C)=O. The predicted octanol–water partition coefficient (Wildman–Crippen LogP) is 6.08. The van der Waals surface area contributed by atoms with Gasteiger partial charge in [-0.3, -0.25) is 19.2 Å². The molecule has 2 aromatic carbocycles. The van der Waals surface area contributed by atoms with Crippen LogP contribution in [0.2, 0.25) is 16.6 Å². The standard InChI is InChI=1S/C38H49FO10Si/c1-22(2)50(23(3)4,24(5)6)19-18-31(29-14-12-11-13-15-29)32-20-30(16-17-33(32)39)38(44)37(48-28(10)43)36(47-27(9)42)35(46-26(8)41)34(49-38)21-45-25(7)40/h11-17,20,22-24,31,34-37,44H,21H2,1-10H3/t31?,34-,35-,36+,37-,38+/m1/s1. The van der Waals surface area contributed by atoms with Crippen molar-refractivity contribution in [1.29, 1.82) is 0 Å². The maximum absolute atomic E-state index is 16.1. The van der Waals surface area contributed by atoms with Gasteiger partial charge < -0.3 is 28.8 Å². The molecule has 1 aliphatic heterocycles. The Balaban J connectivity index is 2.34. The van der Waals surface area contributed by atoms with Crippen LogP contribution in [-0.2, 0) is 48.6 Å². The summed E-state index contributed by atoms with van der Waals surface area (Å²) >= 11 is 0. The molecule has 1 heterocycles. The fraction of sp³-hybridized carbons (Fsp3) is 0.526. The lowest BCUT2D eigenvalue weighted by atomic mass is 9.84. The number of hydrogen-bond acceptors (Lipinski definition) is 10. The third kappa shape index (κ3) is 8.99. The minimum Gasteiger partial charge on any atom is -0.463 e. The van der Waals surface area contributed by atoms with E-state index in [-0.39, 0.29) is 11.1 Å². The maximum atomic E-state index is 16.1. The molecule has 1 N–H and O–H groups in total. The monoisotopic (exact) mass is 712 g/mol. The van der Waals surface area contributed by atoms with E-state index in [4.69, 9.17) is 23.7 Å². The highest BCUT2D eigenvalue weighted by Gasteiger charge is 2.60. The van der Waals surface area contributed by atoms with Crippen molar-refractivity contribution in [2.75, 3.05) is 6.61 Å². The Morgan fingerprint density at radius 1 is 0.820 bits per heavy atom. The van der Waals surface area contributed by atoms with Crippen LogP contribution in [0.25, 0.3) is 0 Å². The van der Waals surface area contributed by atoms with Crippen molar-refractivity contribution in [1.82, 2.24) is 0 Å². The highest BCUT2D eigenvalue weighted by atomic mass is 28.3. The number of halogens is 1. The van der Waals surface area contributed by atoms with Crippen LogP contribution in [-0.4, -0.2) is 68.1 Å². The van der Waals surface area contributed by atoms with Crippen molar-refractivity contribution in [3.8, 4) is 11.5 Å². The number of esters is 4. The van der Waals surface area contributed by atoms with Crippen LogP contribution in [0.1, 0.15) is 91.8 Å². The van der Waals surface area contributed by atoms with Gasteiger partial charge in [-0.1, -0.05) is 83.9 Å². The van der Waals surface area contributed by atoms with E-state index in [1.807, 2.05) is 30.3 Å². The number of rotatable bonds is 11. The summed E-state index contributed by atoms with van der Waals surface area (Å²) in [6.45, 7) is 16.9. The van der Waals surface area contributed by atoms with Crippen LogP contribution < -0.4 is 0 Å². The zero-order valence-electron chi connectivity index (χ0n) is 30.4. The molecular weight excluding hydrogens is 663 g/mol. The van der Waals surface area contributed by atoms with Gasteiger partial charge in [0.15, 0.2) is 12.2 Å². The molecule has 0 amide bonds. The van der Waals surface area contributed by atoms with Gasteiger partial charge in [-0.2, -0.15) is 0 Å². The average molecular weight is 713 g/mol. The molecule has 3 rings (SSSR count). The third-order valence-corrected chi connectivity index (χ3v) is 15.5. The van der Waals surface area contributed by atoms with Gasteiger partial charge in [0.2, 0.25) is 11.9 Å². The predicted molar refractivity (Wildman–Crippen MR) is 186 cm³/mol. The van der Waals surface area contributed by atoms with Crippen LogP contribution in [0.15, 0.2) is 48.5 Å². The van der Waals surface area contributed by atoms with Crippen LogP contribution in [0.3, 0.4) is 0 Å². The highest BCUT2D eigenvalue weighted by Crippen LogP contribution is 2.44. The van der Waals surface area contributed by atoms with Crippen molar-refractivity contribution in [3.05, 3.63) is 71.0 Å². The number of benzene rings is 2. The second-order valence-corrected chi connectivity index (χ2v) is 19.2. The van der Waals surface area contributed by atoms with E-state index in [2.05, 4.69) is 53.0 Å². The zero-order valence-corrected chi connectivity index (χ0v) is 31.4. The van der Waals surface area contributed by atoms with Crippen LogP contribution in [0.4, 0.5) is 4.39 Å². The van der Waals surface area contributed by atoms with Gasteiger partial charge in [-0.25, -0.2) is 4.39 Å². The Morgan fingerprint density at radius 2 is 1.36 bits per heavy atom. The zero-order chi connectivity index (χ0) is 37.6. The van der Waals surface area contributed by atoms with E-state index >= 15 is 4.39 Å². The Morgan fingerprint density at radius 3 is 1.86 bits per heavy atom. The van der Waals surface area contributed by atoms with Gasteiger partial charge in [0.1, 0.15) is 26.6 Å². The smallest absolute Gasteiger partial charge is 0.303 e. The normalized spacial score (nSPS) is 22.7.